The van der Waals surface area contributed by atoms with Crippen LogP contribution in [-0.2, 0) is 19.1 Å². The van der Waals surface area contributed by atoms with Crippen LogP contribution in [0.5, 0.6) is 0 Å². The number of carbonyl (C=O) groups excluding carboxylic acids is 2. The van der Waals surface area contributed by atoms with Gasteiger partial charge >= 0.3 is 11.9 Å². The zero-order valence-corrected chi connectivity index (χ0v) is 12.1. The van der Waals surface area contributed by atoms with Crippen molar-refractivity contribution in [1.29, 1.82) is 0 Å². The average molecular weight is 283 g/mol. The summed E-state index contributed by atoms with van der Waals surface area (Å²) in [6.07, 6.45) is 2.19. The predicted octanol–water partition coefficient (Wildman–Crippen LogP) is 0.452. The molecule has 1 N–H and O–H groups in total. The van der Waals surface area contributed by atoms with E-state index in [1.807, 2.05) is 4.90 Å². The van der Waals surface area contributed by atoms with Crippen molar-refractivity contribution >= 4 is 11.9 Å². The van der Waals surface area contributed by atoms with Gasteiger partial charge in [-0.3, -0.25) is 4.79 Å². The SMILES string of the molecule is CCOC(=O)C1=CN2CC[C@](C)(O)[C@H]2[C@H]1C(=O)OCC. The number of rotatable bonds is 4. The van der Waals surface area contributed by atoms with Crippen molar-refractivity contribution in [3.8, 4) is 0 Å². The fourth-order valence-electron chi connectivity index (χ4n) is 3.01. The van der Waals surface area contributed by atoms with E-state index in [4.69, 9.17) is 9.47 Å². The predicted molar refractivity (Wildman–Crippen MR) is 70.6 cm³/mol. The number of ether oxygens (including phenoxy) is 2. The molecule has 2 rings (SSSR count). The van der Waals surface area contributed by atoms with E-state index in [1.54, 1.807) is 27.0 Å². The Morgan fingerprint density at radius 3 is 2.65 bits per heavy atom. The smallest absolute Gasteiger partial charge is 0.336 e. The second-order valence-corrected chi connectivity index (χ2v) is 5.32. The highest BCUT2D eigenvalue weighted by molar-refractivity contribution is 5.97. The van der Waals surface area contributed by atoms with Gasteiger partial charge in [-0.1, -0.05) is 0 Å². The molecule has 0 radical (unpaired) electrons. The first-order valence-corrected chi connectivity index (χ1v) is 6.96. The first-order chi connectivity index (χ1) is 9.42. The van der Waals surface area contributed by atoms with Gasteiger partial charge in [-0.05, 0) is 27.2 Å². The Balaban J connectivity index is 2.31. The van der Waals surface area contributed by atoms with Gasteiger partial charge in [0, 0.05) is 12.7 Å². The largest absolute Gasteiger partial charge is 0.465 e. The number of aliphatic hydroxyl groups is 1. The first-order valence-electron chi connectivity index (χ1n) is 6.96. The van der Waals surface area contributed by atoms with Crippen molar-refractivity contribution in [3.63, 3.8) is 0 Å². The molecule has 0 unspecified atom stereocenters. The minimum Gasteiger partial charge on any atom is -0.465 e. The van der Waals surface area contributed by atoms with E-state index in [2.05, 4.69) is 0 Å². The summed E-state index contributed by atoms with van der Waals surface area (Å²) in [6, 6.07) is -0.457. The van der Waals surface area contributed by atoms with Crippen LogP contribution >= 0.6 is 0 Å². The zero-order valence-electron chi connectivity index (χ0n) is 12.1. The van der Waals surface area contributed by atoms with Gasteiger partial charge in [0.1, 0.15) is 5.92 Å². The van der Waals surface area contributed by atoms with Crippen LogP contribution in [0, 0.1) is 5.92 Å². The number of nitrogens with zero attached hydrogens (tertiary/aromatic N) is 1. The molecule has 0 aromatic heterocycles. The maximum atomic E-state index is 12.2. The van der Waals surface area contributed by atoms with E-state index < -0.39 is 29.5 Å². The minimum absolute atomic E-state index is 0.236. The lowest BCUT2D eigenvalue weighted by molar-refractivity contribution is -0.153. The van der Waals surface area contributed by atoms with Crippen molar-refractivity contribution in [1.82, 2.24) is 4.90 Å². The molecule has 0 aromatic rings. The van der Waals surface area contributed by atoms with Crippen molar-refractivity contribution in [3.05, 3.63) is 11.8 Å². The monoisotopic (exact) mass is 283 g/mol. The highest BCUT2D eigenvalue weighted by Crippen LogP contribution is 2.42. The first kappa shape index (κ1) is 14.8. The van der Waals surface area contributed by atoms with Gasteiger partial charge in [0.2, 0.25) is 0 Å². The van der Waals surface area contributed by atoms with E-state index in [0.717, 1.165) is 0 Å². The van der Waals surface area contributed by atoms with Gasteiger partial charge in [0.15, 0.2) is 0 Å². The van der Waals surface area contributed by atoms with Crippen LogP contribution in [0.3, 0.4) is 0 Å². The normalized spacial score (nSPS) is 31.8. The van der Waals surface area contributed by atoms with Gasteiger partial charge in [0.05, 0.1) is 30.4 Å². The Bertz CT molecular complexity index is 443. The molecule has 1 fully saturated rings. The standard InChI is InChI=1S/C14H21NO5/c1-4-19-12(16)9-8-15-7-6-14(3,18)11(15)10(9)13(17)20-5-2/h8,10-11,18H,4-7H2,1-3H3/t10-,11+,14-/m0/s1. The number of esters is 2. The van der Waals surface area contributed by atoms with Gasteiger partial charge in [0.25, 0.3) is 0 Å². The molecule has 0 bridgehead atoms. The molecule has 3 atom stereocenters. The molecule has 1 saturated heterocycles. The molecule has 20 heavy (non-hydrogen) atoms. The summed E-state index contributed by atoms with van der Waals surface area (Å²) in [5.41, 5.74) is -0.752. The fraction of sp³-hybridized carbons (Fsp3) is 0.714. The summed E-state index contributed by atoms with van der Waals surface area (Å²) >= 11 is 0. The molecule has 2 heterocycles. The number of hydrogen-bond donors (Lipinski definition) is 1. The third kappa shape index (κ3) is 2.40. The van der Waals surface area contributed by atoms with Crippen LogP contribution in [0.2, 0.25) is 0 Å². The molecule has 112 valence electrons. The molecule has 0 aromatic carbocycles. The Morgan fingerprint density at radius 1 is 1.40 bits per heavy atom. The van der Waals surface area contributed by atoms with Gasteiger partial charge in [-0.15, -0.1) is 0 Å². The third-order valence-electron chi connectivity index (χ3n) is 3.88. The third-order valence-corrected chi connectivity index (χ3v) is 3.88. The van der Waals surface area contributed by atoms with E-state index in [-0.39, 0.29) is 18.8 Å². The molecule has 6 heteroatoms. The molecule has 2 aliphatic rings. The molecule has 6 nitrogen and oxygen atoms in total. The van der Waals surface area contributed by atoms with E-state index >= 15 is 0 Å². The van der Waals surface area contributed by atoms with Crippen LogP contribution in [0.15, 0.2) is 11.8 Å². The summed E-state index contributed by atoms with van der Waals surface area (Å²) in [6.45, 7) is 6.20. The van der Waals surface area contributed by atoms with Crippen molar-refractivity contribution in [2.75, 3.05) is 19.8 Å². The summed E-state index contributed by atoms with van der Waals surface area (Å²) in [5, 5.41) is 10.4. The lowest BCUT2D eigenvalue weighted by Crippen LogP contribution is -2.47. The molecule has 0 aliphatic carbocycles. The van der Waals surface area contributed by atoms with Crippen molar-refractivity contribution in [2.24, 2.45) is 5.92 Å². The molecular weight excluding hydrogens is 262 g/mol. The summed E-state index contributed by atoms with van der Waals surface area (Å²) in [5.74, 6) is -1.79. The molecule has 2 aliphatic heterocycles. The summed E-state index contributed by atoms with van der Waals surface area (Å²) < 4.78 is 10.1. The highest BCUT2D eigenvalue weighted by atomic mass is 16.5. The average Bonchev–Trinajstić information content (AvgIpc) is 2.89. The van der Waals surface area contributed by atoms with Gasteiger partial charge in [-0.2, -0.15) is 0 Å². The Kier molecular flexibility index (Phi) is 4.04. The number of fused-ring (bicyclic) bond motifs is 1. The van der Waals surface area contributed by atoms with Crippen LogP contribution in [-0.4, -0.2) is 53.3 Å². The van der Waals surface area contributed by atoms with Gasteiger partial charge < -0.3 is 19.5 Å². The lowest BCUT2D eigenvalue weighted by atomic mass is 9.84. The second-order valence-electron chi connectivity index (χ2n) is 5.32. The lowest BCUT2D eigenvalue weighted by Gasteiger charge is -2.30. The molecule has 0 amide bonds. The molecular formula is C14H21NO5. The summed E-state index contributed by atoms with van der Waals surface area (Å²) in [7, 11) is 0. The van der Waals surface area contributed by atoms with Gasteiger partial charge in [-0.25, -0.2) is 4.79 Å². The van der Waals surface area contributed by atoms with E-state index in [9.17, 15) is 14.7 Å². The van der Waals surface area contributed by atoms with Crippen LogP contribution in [0.1, 0.15) is 27.2 Å². The van der Waals surface area contributed by atoms with Crippen LogP contribution < -0.4 is 0 Å². The maximum absolute atomic E-state index is 12.2. The van der Waals surface area contributed by atoms with Crippen molar-refractivity contribution < 1.29 is 24.2 Å². The van der Waals surface area contributed by atoms with E-state index in [1.165, 1.54) is 0 Å². The summed E-state index contributed by atoms with van der Waals surface area (Å²) in [4.78, 5) is 26.0. The minimum atomic E-state index is -1.03. The number of carbonyl (C=O) groups is 2. The fourth-order valence-corrected chi connectivity index (χ4v) is 3.01. The Hall–Kier alpha value is -1.56. The quantitative estimate of drug-likeness (QED) is 0.755. The van der Waals surface area contributed by atoms with Crippen LogP contribution in [0.25, 0.3) is 0 Å². The van der Waals surface area contributed by atoms with E-state index in [0.29, 0.717) is 13.0 Å². The zero-order chi connectivity index (χ0) is 14.9. The maximum Gasteiger partial charge on any atom is 0.336 e. The molecule has 0 spiro atoms. The Morgan fingerprint density at radius 2 is 2.05 bits per heavy atom. The highest BCUT2D eigenvalue weighted by Gasteiger charge is 2.55. The molecule has 0 saturated carbocycles. The topological polar surface area (TPSA) is 76.1 Å². The van der Waals surface area contributed by atoms with Crippen LogP contribution in [0.4, 0.5) is 0 Å². The second kappa shape index (κ2) is 5.44. The Labute approximate surface area is 118 Å². The van der Waals surface area contributed by atoms with Crippen molar-refractivity contribution in [2.45, 2.75) is 38.8 Å². The number of hydrogen-bond acceptors (Lipinski definition) is 6.